The molecule has 1 aromatic carbocycles. The number of aromatic nitrogens is 2. The smallest absolute Gasteiger partial charge is 0.276 e. The molecule has 0 radical (unpaired) electrons. The molecule has 0 bridgehead atoms. The maximum absolute atomic E-state index is 13.1. The zero-order valence-corrected chi connectivity index (χ0v) is 16.7. The second-order valence-corrected chi connectivity index (χ2v) is 6.71. The lowest BCUT2D eigenvalue weighted by molar-refractivity contribution is 0.0923. The lowest BCUT2D eigenvalue weighted by Gasteiger charge is -2.26. The number of rotatable bonds is 6. The third-order valence-corrected chi connectivity index (χ3v) is 4.38. The van der Waals surface area contributed by atoms with Crippen molar-refractivity contribution in [3.8, 4) is 12.1 Å². The predicted molar refractivity (Wildman–Crippen MR) is 113 cm³/mol. The number of carbonyl (C=O) groups excluding carboxylic acids is 2. The molecule has 2 amide bonds. The monoisotopic (exact) mass is 410 g/mol. The summed E-state index contributed by atoms with van der Waals surface area (Å²) in [6, 6.07) is 18.6. The molecule has 1 atom stereocenters. The van der Waals surface area contributed by atoms with Crippen LogP contribution in [0.25, 0.3) is 0 Å². The number of nitriles is 2. The molecule has 2 heterocycles. The zero-order chi connectivity index (χ0) is 22.2. The van der Waals surface area contributed by atoms with Crippen molar-refractivity contribution in [3.05, 3.63) is 89.5 Å². The Kier molecular flexibility index (Phi) is 6.67. The van der Waals surface area contributed by atoms with Crippen LogP contribution in [0.3, 0.4) is 0 Å². The second kappa shape index (κ2) is 9.77. The van der Waals surface area contributed by atoms with Gasteiger partial charge in [0.15, 0.2) is 0 Å². The van der Waals surface area contributed by atoms with Crippen LogP contribution in [0, 0.1) is 22.7 Å². The Bertz CT molecular complexity index is 1150. The number of amides is 2. The number of anilines is 1. The molecule has 0 fully saturated rings. The van der Waals surface area contributed by atoms with Crippen molar-refractivity contribution in [3.63, 3.8) is 0 Å². The fourth-order valence-corrected chi connectivity index (χ4v) is 2.85. The lowest BCUT2D eigenvalue weighted by atomic mass is 10.2. The van der Waals surface area contributed by atoms with Crippen LogP contribution >= 0.6 is 0 Å². The number of pyridine rings is 2. The van der Waals surface area contributed by atoms with Crippen LogP contribution in [0.1, 0.15) is 39.0 Å². The van der Waals surface area contributed by atoms with E-state index in [-0.39, 0.29) is 23.8 Å². The topological polar surface area (TPSA) is 123 Å². The summed E-state index contributed by atoms with van der Waals surface area (Å²) < 4.78 is 0. The van der Waals surface area contributed by atoms with Gasteiger partial charge in [-0.3, -0.25) is 9.59 Å². The van der Waals surface area contributed by atoms with Crippen molar-refractivity contribution in [2.75, 3.05) is 11.4 Å². The van der Waals surface area contributed by atoms with Crippen LogP contribution in [0.2, 0.25) is 0 Å². The molecular weight excluding hydrogens is 392 g/mol. The molecule has 1 N–H and O–H groups in total. The quantitative estimate of drug-likeness (QED) is 0.666. The zero-order valence-electron chi connectivity index (χ0n) is 16.7. The van der Waals surface area contributed by atoms with Crippen LogP contribution in [-0.2, 0) is 0 Å². The predicted octanol–water partition coefficient (Wildman–Crippen LogP) is 2.69. The van der Waals surface area contributed by atoms with Gasteiger partial charge in [-0.15, -0.1) is 0 Å². The number of nitrogens with one attached hydrogen (secondary N) is 1. The molecule has 3 aromatic rings. The Hall–Kier alpha value is -4.56. The summed E-state index contributed by atoms with van der Waals surface area (Å²) in [5.74, 6) is -0.762. The van der Waals surface area contributed by atoms with Gasteiger partial charge in [-0.05, 0) is 43.3 Å². The lowest BCUT2D eigenvalue weighted by Crippen LogP contribution is -2.45. The third-order valence-electron chi connectivity index (χ3n) is 4.38. The van der Waals surface area contributed by atoms with E-state index in [0.717, 1.165) is 0 Å². The number of hydrogen-bond acceptors (Lipinski definition) is 6. The van der Waals surface area contributed by atoms with E-state index in [4.69, 9.17) is 10.5 Å². The Morgan fingerprint density at radius 2 is 1.52 bits per heavy atom. The van der Waals surface area contributed by atoms with Crippen LogP contribution < -0.4 is 10.2 Å². The van der Waals surface area contributed by atoms with E-state index in [1.807, 2.05) is 30.3 Å². The summed E-state index contributed by atoms with van der Waals surface area (Å²) in [5, 5.41) is 20.6. The highest BCUT2D eigenvalue weighted by Crippen LogP contribution is 2.17. The van der Waals surface area contributed by atoms with Crippen molar-refractivity contribution < 1.29 is 9.59 Å². The van der Waals surface area contributed by atoms with E-state index < -0.39 is 11.9 Å². The van der Waals surface area contributed by atoms with Crippen molar-refractivity contribution in [2.24, 2.45) is 0 Å². The molecule has 0 saturated carbocycles. The molecule has 31 heavy (non-hydrogen) atoms. The van der Waals surface area contributed by atoms with Crippen LogP contribution in [-0.4, -0.2) is 34.4 Å². The highest BCUT2D eigenvalue weighted by Gasteiger charge is 2.22. The largest absolute Gasteiger partial charge is 0.346 e. The Morgan fingerprint density at radius 1 is 0.935 bits per heavy atom. The van der Waals surface area contributed by atoms with Gasteiger partial charge in [-0.2, -0.15) is 10.5 Å². The summed E-state index contributed by atoms with van der Waals surface area (Å²) in [7, 11) is 0. The Labute approximate surface area is 179 Å². The van der Waals surface area contributed by atoms with E-state index in [2.05, 4.69) is 15.3 Å². The van der Waals surface area contributed by atoms with Gasteiger partial charge in [0.25, 0.3) is 11.8 Å². The number of benzene rings is 1. The molecule has 8 nitrogen and oxygen atoms in total. The average Bonchev–Trinajstić information content (AvgIpc) is 2.82. The van der Waals surface area contributed by atoms with Gasteiger partial charge < -0.3 is 10.2 Å². The van der Waals surface area contributed by atoms with Crippen molar-refractivity contribution in [2.45, 2.75) is 13.0 Å². The van der Waals surface area contributed by atoms with Gasteiger partial charge in [0.05, 0.1) is 11.1 Å². The molecular formula is C23H18N6O2. The van der Waals surface area contributed by atoms with Crippen LogP contribution in [0.5, 0.6) is 0 Å². The van der Waals surface area contributed by atoms with E-state index >= 15 is 0 Å². The fourth-order valence-electron chi connectivity index (χ4n) is 2.85. The minimum Gasteiger partial charge on any atom is -0.346 e. The van der Waals surface area contributed by atoms with E-state index in [1.165, 1.54) is 41.6 Å². The minimum atomic E-state index is -0.410. The minimum absolute atomic E-state index is 0.178. The Balaban J connectivity index is 1.77. The van der Waals surface area contributed by atoms with Gasteiger partial charge in [-0.1, -0.05) is 18.2 Å². The second-order valence-electron chi connectivity index (χ2n) is 6.71. The van der Waals surface area contributed by atoms with Gasteiger partial charge in [0.2, 0.25) is 0 Å². The van der Waals surface area contributed by atoms with Crippen LogP contribution in [0.4, 0.5) is 5.69 Å². The van der Waals surface area contributed by atoms with Gasteiger partial charge in [-0.25, -0.2) is 9.97 Å². The summed E-state index contributed by atoms with van der Waals surface area (Å²) >= 11 is 0. The summed E-state index contributed by atoms with van der Waals surface area (Å²) in [6.07, 6.45) is 2.67. The van der Waals surface area contributed by atoms with Crippen molar-refractivity contribution in [1.82, 2.24) is 15.3 Å². The van der Waals surface area contributed by atoms with E-state index in [9.17, 15) is 9.59 Å². The highest BCUT2D eigenvalue weighted by atomic mass is 16.2. The summed E-state index contributed by atoms with van der Waals surface area (Å²) in [4.78, 5) is 35.2. The van der Waals surface area contributed by atoms with Gasteiger partial charge in [0.1, 0.15) is 23.5 Å². The van der Waals surface area contributed by atoms with Crippen LogP contribution in [0.15, 0.2) is 67.0 Å². The first-order chi connectivity index (χ1) is 15.0. The molecule has 0 aliphatic carbocycles. The molecule has 0 spiro atoms. The van der Waals surface area contributed by atoms with E-state index in [1.54, 1.807) is 19.1 Å². The first-order valence-corrected chi connectivity index (χ1v) is 9.42. The molecule has 3 rings (SSSR count). The van der Waals surface area contributed by atoms with Gasteiger partial charge in [0, 0.05) is 30.7 Å². The first-order valence-electron chi connectivity index (χ1n) is 9.42. The molecule has 0 aliphatic heterocycles. The molecule has 0 aliphatic rings. The Morgan fingerprint density at radius 3 is 2.03 bits per heavy atom. The normalized spacial score (nSPS) is 10.9. The summed E-state index contributed by atoms with van der Waals surface area (Å²) in [6.45, 7) is 1.96. The van der Waals surface area contributed by atoms with Crippen molar-refractivity contribution in [1.29, 1.82) is 10.5 Å². The molecule has 0 saturated heterocycles. The van der Waals surface area contributed by atoms with Gasteiger partial charge >= 0.3 is 0 Å². The number of para-hydroxylation sites is 1. The van der Waals surface area contributed by atoms with Crippen molar-refractivity contribution >= 4 is 17.5 Å². The maximum atomic E-state index is 13.1. The highest BCUT2D eigenvalue weighted by molar-refractivity contribution is 6.05. The average molecular weight is 410 g/mol. The SMILES string of the molecule is CC(CN(C(=O)c1ccc(C#N)cn1)c1ccccc1)NC(=O)c1ccc(C#N)cn1. The molecule has 152 valence electrons. The molecule has 8 heteroatoms. The molecule has 1 unspecified atom stereocenters. The summed E-state index contributed by atoms with van der Waals surface area (Å²) in [5.41, 5.74) is 1.74. The number of carbonyl (C=O) groups is 2. The number of hydrogen-bond donors (Lipinski definition) is 1. The maximum Gasteiger partial charge on any atom is 0.276 e. The number of nitrogens with zero attached hydrogens (tertiary/aromatic N) is 5. The third kappa shape index (κ3) is 5.28. The van der Waals surface area contributed by atoms with E-state index in [0.29, 0.717) is 16.8 Å². The standard InChI is InChI=1S/C23H18N6O2/c1-16(28-22(30)20-9-7-17(11-24)13-26-20)15-29(19-5-3-2-4-6-19)23(31)21-10-8-18(12-25)14-27-21/h2-10,13-14,16H,15H2,1H3,(H,28,30). The molecule has 2 aromatic heterocycles. The first kappa shape index (κ1) is 21.2. The fraction of sp³-hybridized carbons (Fsp3) is 0.130.